The predicted octanol–water partition coefficient (Wildman–Crippen LogP) is 3.92. The Morgan fingerprint density at radius 3 is 2.44 bits per heavy atom. The first-order valence-electron chi connectivity index (χ1n) is 6.75. The highest BCUT2D eigenvalue weighted by atomic mass is 16.3. The van der Waals surface area contributed by atoms with E-state index >= 15 is 0 Å². The van der Waals surface area contributed by atoms with Crippen LogP contribution in [0.2, 0.25) is 0 Å². The standard InChI is InChI=1S/C15H26O/c1-11(2)12-7-5-8-14(3)9-6-10-15(4,16)13(12)14/h12-13,16H,1,5-10H2,2-4H3/t12-,13?,14+,15+/m0/s1. The Hall–Kier alpha value is -0.300. The summed E-state index contributed by atoms with van der Waals surface area (Å²) in [6, 6.07) is 0. The summed E-state index contributed by atoms with van der Waals surface area (Å²) in [6.07, 6.45) is 7.27. The van der Waals surface area contributed by atoms with Crippen LogP contribution in [-0.4, -0.2) is 10.7 Å². The SMILES string of the molecule is C=C(C)[C@@H]1CCC[C@]2(C)CCC[C@@](C)(O)C12. The summed E-state index contributed by atoms with van der Waals surface area (Å²) in [6.45, 7) is 10.7. The number of fused-ring (bicyclic) bond motifs is 1. The average Bonchev–Trinajstić information content (AvgIpc) is 2.14. The van der Waals surface area contributed by atoms with Crippen LogP contribution in [0.15, 0.2) is 12.2 Å². The van der Waals surface area contributed by atoms with Crippen LogP contribution in [0.25, 0.3) is 0 Å². The molecule has 0 saturated heterocycles. The Balaban J connectivity index is 2.35. The van der Waals surface area contributed by atoms with Gasteiger partial charge in [0, 0.05) is 0 Å². The molecule has 16 heavy (non-hydrogen) atoms. The second kappa shape index (κ2) is 3.87. The van der Waals surface area contributed by atoms with E-state index in [4.69, 9.17) is 0 Å². The molecule has 0 radical (unpaired) electrons. The zero-order valence-corrected chi connectivity index (χ0v) is 11.1. The van der Waals surface area contributed by atoms with Gasteiger partial charge in [-0.25, -0.2) is 0 Å². The Morgan fingerprint density at radius 2 is 1.81 bits per heavy atom. The molecule has 4 atom stereocenters. The van der Waals surface area contributed by atoms with E-state index < -0.39 is 5.60 Å². The van der Waals surface area contributed by atoms with Crippen LogP contribution in [0.4, 0.5) is 0 Å². The number of rotatable bonds is 1. The van der Waals surface area contributed by atoms with Crippen molar-refractivity contribution >= 4 is 0 Å². The van der Waals surface area contributed by atoms with Crippen molar-refractivity contribution in [1.82, 2.24) is 0 Å². The van der Waals surface area contributed by atoms with Gasteiger partial charge in [-0.2, -0.15) is 0 Å². The van der Waals surface area contributed by atoms with Gasteiger partial charge in [0.25, 0.3) is 0 Å². The molecule has 0 aliphatic heterocycles. The van der Waals surface area contributed by atoms with Crippen molar-refractivity contribution in [3.05, 3.63) is 12.2 Å². The van der Waals surface area contributed by atoms with Crippen LogP contribution in [0.1, 0.15) is 59.3 Å². The molecule has 92 valence electrons. The molecule has 1 heteroatoms. The molecule has 2 aliphatic carbocycles. The Kier molecular flexibility index (Phi) is 2.94. The number of aliphatic hydroxyl groups is 1. The second-order valence-corrected chi connectivity index (χ2v) is 6.69. The summed E-state index contributed by atoms with van der Waals surface area (Å²) in [5.41, 5.74) is 1.15. The molecule has 2 saturated carbocycles. The van der Waals surface area contributed by atoms with Crippen LogP contribution in [0.5, 0.6) is 0 Å². The molecule has 0 amide bonds. The molecular formula is C15H26O. The normalized spacial score (nSPS) is 48.5. The third kappa shape index (κ3) is 1.84. The number of hydrogen-bond acceptors (Lipinski definition) is 1. The fourth-order valence-corrected chi connectivity index (χ4v) is 4.53. The summed E-state index contributed by atoms with van der Waals surface area (Å²) < 4.78 is 0. The lowest BCUT2D eigenvalue weighted by Crippen LogP contribution is -2.53. The maximum Gasteiger partial charge on any atom is 0.0658 e. The predicted molar refractivity (Wildman–Crippen MR) is 68.2 cm³/mol. The van der Waals surface area contributed by atoms with E-state index in [1.165, 1.54) is 37.7 Å². The van der Waals surface area contributed by atoms with Gasteiger partial charge in [0.2, 0.25) is 0 Å². The first-order valence-corrected chi connectivity index (χ1v) is 6.75. The van der Waals surface area contributed by atoms with Crippen molar-refractivity contribution in [2.45, 2.75) is 64.9 Å². The molecule has 0 aromatic rings. The zero-order chi connectivity index (χ0) is 12.0. The second-order valence-electron chi connectivity index (χ2n) is 6.69. The van der Waals surface area contributed by atoms with E-state index in [-0.39, 0.29) is 0 Å². The van der Waals surface area contributed by atoms with Crippen molar-refractivity contribution in [3.63, 3.8) is 0 Å². The monoisotopic (exact) mass is 222 g/mol. The minimum Gasteiger partial charge on any atom is -0.390 e. The first kappa shape index (κ1) is 12.2. The summed E-state index contributed by atoms with van der Waals surface area (Å²) in [4.78, 5) is 0. The average molecular weight is 222 g/mol. The van der Waals surface area contributed by atoms with Crippen LogP contribution < -0.4 is 0 Å². The molecule has 1 nitrogen and oxygen atoms in total. The van der Waals surface area contributed by atoms with E-state index in [9.17, 15) is 5.11 Å². The highest BCUT2D eigenvalue weighted by molar-refractivity contribution is 5.11. The number of allylic oxidation sites excluding steroid dienone is 1. The Morgan fingerprint density at radius 1 is 1.19 bits per heavy atom. The van der Waals surface area contributed by atoms with Gasteiger partial charge in [-0.1, -0.05) is 31.9 Å². The highest BCUT2D eigenvalue weighted by Gasteiger charge is 2.52. The zero-order valence-electron chi connectivity index (χ0n) is 11.1. The molecular weight excluding hydrogens is 196 g/mol. The summed E-state index contributed by atoms with van der Waals surface area (Å²) in [5, 5.41) is 10.7. The van der Waals surface area contributed by atoms with E-state index in [2.05, 4.69) is 27.4 Å². The molecule has 0 bridgehead atoms. The first-order chi connectivity index (χ1) is 7.37. The molecule has 1 N–H and O–H groups in total. The topological polar surface area (TPSA) is 20.2 Å². The lowest BCUT2D eigenvalue weighted by atomic mass is 9.51. The lowest BCUT2D eigenvalue weighted by molar-refractivity contribution is -0.132. The van der Waals surface area contributed by atoms with Gasteiger partial charge in [-0.3, -0.25) is 0 Å². The van der Waals surface area contributed by atoms with Crippen molar-refractivity contribution in [2.24, 2.45) is 17.3 Å². The fourth-order valence-electron chi connectivity index (χ4n) is 4.53. The van der Waals surface area contributed by atoms with E-state index in [0.717, 1.165) is 6.42 Å². The highest BCUT2D eigenvalue weighted by Crippen LogP contribution is 2.57. The third-order valence-electron chi connectivity index (χ3n) is 5.15. The van der Waals surface area contributed by atoms with Crippen molar-refractivity contribution in [1.29, 1.82) is 0 Å². The molecule has 0 spiro atoms. The van der Waals surface area contributed by atoms with Gasteiger partial charge in [0.1, 0.15) is 0 Å². The molecule has 0 aromatic heterocycles. The van der Waals surface area contributed by atoms with Crippen LogP contribution in [0, 0.1) is 17.3 Å². The van der Waals surface area contributed by atoms with E-state index in [1.54, 1.807) is 0 Å². The number of hydrogen-bond donors (Lipinski definition) is 1. The molecule has 0 aromatic carbocycles. The summed E-state index contributed by atoms with van der Waals surface area (Å²) in [7, 11) is 0. The smallest absolute Gasteiger partial charge is 0.0658 e. The maximum atomic E-state index is 10.7. The maximum absolute atomic E-state index is 10.7. The fraction of sp³-hybridized carbons (Fsp3) is 0.867. The quantitative estimate of drug-likeness (QED) is 0.667. The molecule has 0 heterocycles. The molecule has 2 fully saturated rings. The van der Waals surface area contributed by atoms with Crippen molar-refractivity contribution in [2.75, 3.05) is 0 Å². The Bertz CT molecular complexity index is 288. The van der Waals surface area contributed by atoms with Crippen LogP contribution >= 0.6 is 0 Å². The van der Waals surface area contributed by atoms with Gasteiger partial charge in [-0.05, 0) is 56.8 Å². The van der Waals surface area contributed by atoms with Crippen molar-refractivity contribution in [3.8, 4) is 0 Å². The minimum absolute atomic E-state index is 0.351. The molecule has 2 aliphatic rings. The van der Waals surface area contributed by atoms with E-state index in [1.807, 2.05) is 0 Å². The third-order valence-corrected chi connectivity index (χ3v) is 5.15. The van der Waals surface area contributed by atoms with Crippen LogP contribution in [-0.2, 0) is 0 Å². The van der Waals surface area contributed by atoms with Gasteiger partial charge < -0.3 is 5.11 Å². The Labute approximate surface area is 99.9 Å². The van der Waals surface area contributed by atoms with Gasteiger partial charge in [-0.15, -0.1) is 0 Å². The largest absolute Gasteiger partial charge is 0.390 e. The minimum atomic E-state index is -0.475. The van der Waals surface area contributed by atoms with E-state index in [0.29, 0.717) is 17.3 Å². The molecule has 2 rings (SSSR count). The summed E-state index contributed by atoms with van der Waals surface area (Å²) >= 11 is 0. The summed E-state index contributed by atoms with van der Waals surface area (Å²) in [5.74, 6) is 0.967. The van der Waals surface area contributed by atoms with Gasteiger partial charge in [0.15, 0.2) is 0 Å². The lowest BCUT2D eigenvalue weighted by Gasteiger charge is -2.56. The van der Waals surface area contributed by atoms with Crippen molar-refractivity contribution < 1.29 is 5.11 Å². The van der Waals surface area contributed by atoms with Gasteiger partial charge >= 0.3 is 0 Å². The van der Waals surface area contributed by atoms with Crippen LogP contribution in [0.3, 0.4) is 0 Å². The van der Waals surface area contributed by atoms with Gasteiger partial charge in [0.05, 0.1) is 5.60 Å². The molecule has 1 unspecified atom stereocenters.